The number of anilines is 1. The Bertz CT molecular complexity index is 1030. The van der Waals surface area contributed by atoms with Crippen molar-refractivity contribution in [2.24, 2.45) is 0 Å². The summed E-state index contributed by atoms with van der Waals surface area (Å²) in [5.74, 6) is -1.07. The molecule has 0 saturated carbocycles. The Balaban J connectivity index is 1.65. The number of esters is 1. The van der Waals surface area contributed by atoms with Gasteiger partial charge in [-0.05, 0) is 55.7 Å². The van der Waals surface area contributed by atoms with E-state index in [1.165, 1.54) is 7.11 Å². The summed E-state index contributed by atoms with van der Waals surface area (Å²) in [7, 11) is 1.30. The largest absolute Gasteiger partial charge is 0.465 e. The second kappa shape index (κ2) is 9.17. The van der Waals surface area contributed by atoms with E-state index in [1.54, 1.807) is 55.5 Å². The molecule has 0 aromatic heterocycles. The number of hydrogen-bond donors (Lipinski definition) is 3. The molecule has 2 aromatic carbocycles. The molecule has 31 heavy (non-hydrogen) atoms. The van der Waals surface area contributed by atoms with Crippen LogP contribution in [0, 0.1) is 0 Å². The highest BCUT2D eigenvalue weighted by molar-refractivity contribution is 9.10. The lowest BCUT2D eigenvalue weighted by atomic mass is 9.91. The molecule has 0 aliphatic carbocycles. The van der Waals surface area contributed by atoms with Crippen LogP contribution in [-0.2, 0) is 16.0 Å². The summed E-state index contributed by atoms with van der Waals surface area (Å²) >= 11 is 3.30. The quantitative estimate of drug-likeness (QED) is 0.426. The fourth-order valence-corrected chi connectivity index (χ4v) is 3.45. The molecule has 3 rings (SSSR count). The molecule has 1 heterocycles. The molecule has 0 radical (unpaired) electrons. The molecule has 3 N–H and O–H groups in total. The van der Waals surface area contributed by atoms with Crippen LogP contribution in [0.5, 0.6) is 0 Å². The molecule has 1 fully saturated rings. The molecule has 162 valence electrons. The van der Waals surface area contributed by atoms with Gasteiger partial charge in [-0.3, -0.25) is 4.79 Å². The zero-order valence-corrected chi connectivity index (χ0v) is 18.5. The molecule has 1 atom stereocenters. The number of aryl methyl sites for hydroxylation is 1. The molecular weight excluding hydrogens is 468 g/mol. The van der Waals surface area contributed by atoms with Crippen LogP contribution in [0.2, 0.25) is 0 Å². The summed E-state index contributed by atoms with van der Waals surface area (Å²) in [4.78, 5) is 49.4. The third kappa shape index (κ3) is 5.02. The van der Waals surface area contributed by atoms with Gasteiger partial charge in [0.2, 0.25) is 0 Å². The van der Waals surface area contributed by atoms with E-state index in [2.05, 4.69) is 32.0 Å². The Kier molecular flexibility index (Phi) is 6.59. The average molecular weight is 489 g/mol. The first kappa shape index (κ1) is 22.3. The first-order chi connectivity index (χ1) is 14.7. The molecule has 5 amide bonds. The molecule has 10 heteroatoms. The lowest BCUT2D eigenvalue weighted by molar-refractivity contribution is -0.132. The molecule has 0 bridgehead atoms. The summed E-state index contributed by atoms with van der Waals surface area (Å²) < 4.78 is 5.63. The first-order valence-corrected chi connectivity index (χ1v) is 10.2. The summed E-state index contributed by atoms with van der Waals surface area (Å²) in [6, 6.07) is 12.2. The number of halogens is 1. The van der Waals surface area contributed by atoms with E-state index >= 15 is 0 Å². The number of benzene rings is 2. The fraction of sp³-hybridized carbons (Fsp3) is 0.238. The molecule has 2 aromatic rings. The maximum absolute atomic E-state index is 12.9. The second-order valence-electron chi connectivity index (χ2n) is 7.12. The molecule has 9 nitrogen and oxygen atoms in total. The third-order valence-corrected chi connectivity index (χ3v) is 5.42. The Morgan fingerprint density at radius 2 is 1.81 bits per heavy atom. The zero-order valence-electron chi connectivity index (χ0n) is 16.9. The summed E-state index contributed by atoms with van der Waals surface area (Å²) in [6.45, 7) is 1.57. The van der Waals surface area contributed by atoms with E-state index in [0.29, 0.717) is 28.2 Å². The minimum absolute atomic E-state index is 0.220. The van der Waals surface area contributed by atoms with Crippen LogP contribution in [0.3, 0.4) is 0 Å². The predicted molar refractivity (Wildman–Crippen MR) is 116 cm³/mol. The van der Waals surface area contributed by atoms with Crippen molar-refractivity contribution in [1.82, 2.24) is 15.8 Å². The number of amides is 5. The van der Waals surface area contributed by atoms with Gasteiger partial charge in [0.1, 0.15) is 5.54 Å². The second-order valence-corrected chi connectivity index (χ2v) is 8.04. The van der Waals surface area contributed by atoms with Crippen molar-refractivity contribution in [2.45, 2.75) is 25.3 Å². The Morgan fingerprint density at radius 3 is 2.48 bits per heavy atom. The van der Waals surface area contributed by atoms with E-state index in [4.69, 9.17) is 4.74 Å². The standard InChI is InChI=1S/C21H21BrN4O5/c1-21(12-11-13-5-3-4-6-16(13)17(27)31-2)18(28)26(20(30)24-21)25-19(29)23-15-9-7-14(22)8-10-15/h3-10H,11-12H2,1-2H3,(H,24,30)(H2,23,25,29). The van der Waals surface area contributed by atoms with Crippen LogP contribution in [0.1, 0.15) is 29.3 Å². The van der Waals surface area contributed by atoms with Crippen molar-refractivity contribution in [1.29, 1.82) is 0 Å². The first-order valence-electron chi connectivity index (χ1n) is 9.39. The maximum atomic E-state index is 12.9. The number of hydrogen-bond acceptors (Lipinski definition) is 5. The lowest BCUT2D eigenvalue weighted by Gasteiger charge is -2.22. The number of hydrazine groups is 1. The number of methoxy groups -OCH3 is 1. The van der Waals surface area contributed by atoms with Gasteiger partial charge in [-0.15, -0.1) is 0 Å². The van der Waals surface area contributed by atoms with Crippen LogP contribution in [0.15, 0.2) is 53.0 Å². The van der Waals surface area contributed by atoms with Gasteiger partial charge in [0.15, 0.2) is 0 Å². The Hall–Kier alpha value is -3.40. The van der Waals surface area contributed by atoms with E-state index in [1.807, 2.05) is 0 Å². The average Bonchev–Trinajstić information content (AvgIpc) is 2.97. The number of imide groups is 1. The van der Waals surface area contributed by atoms with Gasteiger partial charge in [0.25, 0.3) is 5.91 Å². The number of nitrogens with one attached hydrogen (secondary N) is 3. The smallest absolute Gasteiger partial charge is 0.344 e. The highest BCUT2D eigenvalue weighted by atomic mass is 79.9. The van der Waals surface area contributed by atoms with E-state index in [-0.39, 0.29) is 6.42 Å². The van der Waals surface area contributed by atoms with Crippen LogP contribution < -0.4 is 16.1 Å². The SMILES string of the molecule is COC(=O)c1ccccc1CCC1(C)NC(=O)N(NC(=O)Nc2ccc(Br)cc2)C1=O. The van der Waals surface area contributed by atoms with Gasteiger partial charge < -0.3 is 15.4 Å². The van der Waals surface area contributed by atoms with Crippen molar-refractivity contribution >= 4 is 45.6 Å². The van der Waals surface area contributed by atoms with Gasteiger partial charge in [0.05, 0.1) is 12.7 Å². The predicted octanol–water partition coefficient (Wildman–Crippen LogP) is 3.22. The molecule has 0 spiro atoms. The minimum atomic E-state index is -1.24. The highest BCUT2D eigenvalue weighted by Crippen LogP contribution is 2.24. The van der Waals surface area contributed by atoms with Gasteiger partial charge in [-0.25, -0.2) is 19.8 Å². The number of rotatable bonds is 6. The van der Waals surface area contributed by atoms with Gasteiger partial charge >= 0.3 is 18.0 Å². The Morgan fingerprint density at radius 1 is 1.13 bits per heavy atom. The van der Waals surface area contributed by atoms with Crippen LogP contribution in [0.25, 0.3) is 0 Å². The molecule has 1 aliphatic rings. The van der Waals surface area contributed by atoms with Crippen molar-refractivity contribution in [2.75, 3.05) is 12.4 Å². The van der Waals surface area contributed by atoms with E-state index in [0.717, 1.165) is 4.47 Å². The molecule has 1 aliphatic heterocycles. The molecular formula is C21H21BrN4O5. The van der Waals surface area contributed by atoms with Crippen LogP contribution >= 0.6 is 15.9 Å². The monoisotopic (exact) mass is 488 g/mol. The molecule has 1 saturated heterocycles. The normalized spacial score (nSPS) is 17.8. The van der Waals surface area contributed by atoms with Gasteiger partial charge in [0, 0.05) is 10.2 Å². The van der Waals surface area contributed by atoms with Crippen LogP contribution in [-0.4, -0.2) is 41.6 Å². The van der Waals surface area contributed by atoms with Gasteiger partial charge in [-0.1, -0.05) is 34.1 Å². The number of urea groups is 2. The van der Waals surface area contributed by atoms with Crippen LogP contribution in [0.4, 0.5) is 15.3 Å². The number of carbonyl (C=O) groups excluding carboxylic acids is 4. The topological polar surface area (TPSA) is 117 Å². The summed E-state index contributed by atoms with van der Waals surface area (Å²) in [6.07, 6.45) is 0.560. The highest BCUT2D eigenvalue weighted by Gasteiger charge is 2.48. The minimum Gasteiger partial charge on any atom is -0.465 e. The number of nitrogens with zero attached hydrogens (tertiary/aromatic N) is 1. The van der Waals surface area contributed by atoms with E-state index in [9.17, 15) is 19.2 Å². The van der Waals surface area contributed by atoms with Crippen molar-refractivity contribution in [3.8, 4) is 0 Å². The molecule has 1 unspecified atom stereocenters. The Labute approximate surface area is 187 Å². The summed E-state index contributed by atoms with van der Waals surface area (Å²) in [5, 5.41) is 5.82. The number of ether oxygens (including phenoxy) is 1. The van der Waals surface area contributed by atoms with E-state index < -0.39 is 29.5 Å². The third-order valence-electron chi connectivity index (χ3n) is 4.89. The van der Waals surface area contributed by atoms with Crippen molar-refractivity contribution < 1.29 is 23.9 Å². The van der Waals surface area contributed by atoms with Crippen molar-refractivity contribution in [3.05, 3.63) is 64.1 Å². The maximum Gasteiger partial charge on any atom is 0.344 e. The summed E-state index contributed by atoms with van der Waals surface area (Å²) in [5.41, 5.74) is 2.61. The van der Waals surface area contributed by atoms with Crippen molar-refractivity contribution in [3.63, 3.8) is 0 Å². The lowest BCUT2D eigenvalue weighted by Crippen LogP contribution is -2.50. The van der Waals surface area contributed by atoms with Gasteiger partial charge in [-0.2, -0.15) is 5.01 Å². The zero-order chi connectivity index (χ0) is 22.6. The number of carbonyl (C=O) groups is 4. The fourth-order valence-electron chi connectivity index (χ4n) is 3.18.